The van der Waals surface area contributed by atoms with E-state index in [4.69, 9.17) is 0 Å². The molecule has 0 radical (unpaired) electrons. The number of nitrogens with one attached hydrogen (secondary N) is 1. The minimum atomic E-state index is -0.837. The van der Waals surface area contributed by atoms with E-state index in [0.29, 0.717) is 6.42 Å². The first kappa shape index (κ1) is 45.9. The zero-order valence-corrected chi connectivity index (χ0v) is 31.8. The van der Waals surface area contributed by atoms with Crippen molar-refractivity contribution in [1.82, 2.24) is 5.32 Å². The summed E-state index contributed by atoms with van der Waals surface area (Å²) in [6, 6.07) is -0.621. The number of hydrogen-bond acceptors (Lipinski definition) is 3. The topological polar surface area (TPSA) is 69.6 Å². The lowest BCUT2D eigenvalue weighted by Gasteiger charge is -2.20. The maximum Gasteiger partial charge on any atom is 0.220 e. The van der Waals surface area contributed by atoms with Crippen LogP contribution in [-0.4, -0.2) is 34.9 Å². The molecule has 0 aromatic heterocycles. The predicted molar refractivity (Wildman–Crippen MR) is 207 cm³/mol. The van der Waals surface area contributed by atoms with Gasteiger partial charge in [-0.25, -0.2) is 0 Å². The molecular formula is C43H83NO3. The van der Waals surface area contributed by atoms with Gasteiger partial charge in [-0.2, -0.15) is 0 Å². The fourth-order valence-electron chi connectivity index (χ4n) is 6.41. The van der Waals surface area contributed by atoms with Crippen LogP contribution < -0.4 is 5.32 Å². The van der Waals surface area contributed by atoms with E-state index in [2.05, 4.69) is 31.3 Å². The van der Waals surface area contributed by atoms with Crippen molar-refractivity contribution in [3.63, 3.8) is 0 Å². The van der Waals surface area contributed by atoms with Gasteiger partial charge in [-0.15, -0.1) is 0 Å². The van der Waals surface area contributed by atoms with Crippen molar-refractivity contribution in [2.24, 2.45) is 0 Å². The molecule has 3 N–H and O–H groups in total. The zero-order valence-electron chi connectivity index (χ0n) is 31.8. The molecule has 0 heterocycles. The summed E-state index contributed by atoms with van der Waals surface area (Å²) >= 11 is 0. The first-order valence-electron chi connectivity index (χ1n) is 21.1. The molecule has 278 valence electrons. The molecule has 0 spiro atoms. The lowest BCUT2D eigenvalue weighted by atomic mass is 10.0. The smallest absolute Gasteiger partial charge is 0.220 e. The second-order valence-corrected chi connectivity index (χ2v) is 14.4. The van der Waals surface area contributed by atoms with Gasteiger partial charge >= 0.3 is 0 Å². The molecule has 0 rings (SSSR count). The molecule has 1 amide bonds. The van der Waals surface area contributed by atoms with E-state index in [0.717, 1.165) is 25.7 Å². The molecule has 0 fully saturated rings. The number of carbonyl (C=O) groups excluding carboxylic acids is 1. The van der Waals surface area contributed by atoms with Crippen LogP contribution in [0, 0.1) is 0 Å². The normalized spacial score (nSPS) is 13.2. The summed E-state index contributed by atoms with van der Waals surface area (Å²) in [5.74, 6) is -0.0675. The highest BCUT2D eigenvalue weighted by atomic mass is 16.3. The molecule has 0 aliphatic rings. The Morgan fingerprint density at radius 2 is 0.809 bits per heavy atom. The van der Waals surface area contributed by atoms with Crippen LogP contribution in [0.1, 0.15) is 226 Å². The molecule has 47 heavy (non-hydrogen) atoms. The van der Waals surface area contributed by atoms with Gasteiger partial charge in [0.25, 0.3) is 0 Å². The highest BCUT2D eigenvalue weighted by molar-refractivity contribution is 5.76. The van der Waals surface area contributed by atoms with E-state index >= 15 is 0 Å². The quantitative estimate of drug-likeness (QED) is 0.0455. The molecule has 0 bridgehead atoms. The lowest BCUT2D eigenvalue weighted by molar-refractivity contribution is -0.123. The largest absolute Gasteiger partial charge is 0.394 e. The van der Waals surface area contributed by atoms with Crippen molar-refractivity contribution < 1.29 is 15.0 Å². The van der Waals surface area contributed by atoms with Gasteiger partial charge in [-0.3, -0.25) is 4.79 Å². The van der Waals surface area contributed by atoms with Gasteiger partial charge in [-0.1, -0.05) is 199 Å². The second-order valence-electron chi connectivity index (χ2n) is 14.4. The summed E-state index contributed by atoms with van der Waals surface area (Å²) in [4.78, 5) is 12.4. The summed E-state index contributed by atoms with van der Waals surface area (Å²) in [5.41, 5.74) is 0. The van der Waals surface area contributed by atoms with Crippen LogP contribution in [0.25, 0.3) is 0 Å². The Balaban J connectivity index is 3.56. The Labute approximate surface area is 294 Å². The molecule has 4 heteroatoms. The maximum absolute atomic E-state index is 12.4. The maximum atomic E-state index is 12.4. The van der Waals surface area contributed by atoms with Gasteiger partial charge in [0.15, 0.2) is 0 Å². The van der Waals surface area contributed by atoms with Gasteiger partial charge in [0, 0.05) is 6.42 Å². The van der Waals surface area contributed by atoms with Gasteiger partial charge < -0.3 is 15.5 Å². The van der Waals surface area contributed by atoms with Crippen LogP contribution in [0.15, 0.2) is 24.3 Å². The highest BCUT2D eigenvalue weighted by Crippen LogP contribution is 2.14. The van der Waals surface area contributed by atoms with Crippen molar-refractivity contribution in [3.05, 3.63) is 24.3 Å². The number of rotatable bonds is 38. The molecule has 0 aliphatic carbocycles. The third-order valence-corrected chi connectivity index (χ3v) is 9.68. The number of aliphatic hydroxyl groups is 2. The Kier molecular flexibility index (Phi) is 38.4. The molecule has 0 saturated carbocycles. The number of unbranched alkanes of at least 4 members (excludes halogenated alkanes) is 29. The van der Waals surface area contributed by atoms with Crippen LogP contribution in [0.2, 0.25) is 0 Å². The molecule has 4 nitrogen and oxygen atoms in total. The van der Waals surface area contributed by atoms with Crippen molar-refractivity contribution in [2.75, 3.05) is 6.61 Å². The van der Waals surface area contributed by atoms with Crippen molar-refractivity contribution in [2.45, 2.75) is 238 Å². The van der Waals surface area contributed by atoms with E-state index in [1.54, 1.807) is 6.08 Å². The fourth-order valence-corrected chi connectivity index (χ4v) is 6.41. The predicted octanol–water partition coefficient (Wildman–Crippen LogP) is 12.8. The first-order chi connectivity index (χ1) is 23.2. The van der Waals surface area contributed by atoms with Crippen LogP contribution >= 0.6 is 0 Å². The van der Waals surface area contributed by atoms with E-state index in [1.807, 2.05) is 6.08 Å². The highest BCUT2D eigenvalue weighted by Gasteiger charge is 2.17. The summed E-state index contributed by atoms with van der Waals surface area (Å²) in [7, 11) is 0. The average molecular weight is 662 g/mol. The van der Waals surface area contributed by atoms with Crippen LogP contribution in [0.3, 0.4) is 0 Å². The molecule has 0 aromatic rings. The molecular weight excluding hydrogens is 578 g/mol. The number of allylic oxidation sites excluding steroid dienone is 3. The molecule has 2 unspecified atom stereocenters. The second kappa shape index (κ2) is 39.3. The Hall–Kier alpha value is -1.13. The third kappa shape index (κ3) is 36.0. The zero-order chi connectivity index (χ0) is 34.3. The van der Waals surface area contributed by atoms with Crippen molar-refractivity contribution in [3.8, 4) is 0 Å². The summed E-state index contributed by atoms with van der Waals surface area (Å²) in [5, 5.41) is 23.0. The Bertz CT molecular complexity index is 676. The molecule has 0 saturated heterocycles. The minimum absolute atomic E-state index is 0.0675. The van der Waals surface area contributed by atoms with Crippen LogP contribution in [-0.2, 0) is 4.79 Å². The Morgan fingerprint density at radius 3 is 1.17 bits per heavy atom. The van der Waals surface area contributed by atoms with Crippen LogP contribution in [0.4, 0.5) is 0 Å². The SMILES string of the molecule is CCCCCCCCCCCC/C=C\CCCCCCCCCC(=O)NC(CO)C(O)/C=C/CCCCCCCCCCCCCC. The lowest BCUT2D eigenvalue weighted by Crippen LogP contribution is -2.45. The number of amides is 1. The molecule has 0 aliphatic heterocycles. The van der Waals surface area contributed by atoms with Gasteiger partial charge in [0.05, 0.1) is 18.8 Å². The number of aliphatic hydroxyl groups excluding tert-OH is 2. The van der Waals surface area contributed by atoms with E-state index < -0.39 is 12.1 Å². The van der Waals surface area contributed by atoms with Crippen molar-refractivity contribution >= 4 is 5.91 Å². The monoisotopic (exact) mass is 662 g/mol. The standard InChI is InChI=1S/C43H83NO3/c1-3-5-7-9-11-13-15-17-19-20-21-22-23-24-25-27-29-31-33-35-37-39-43(47)44-41(40-45)42(46)38-36-34-32-30-28-26-18-16-14-12-10-8-6-4-2/h22-23,36,38,41-42,45-46H,3-21,24-35,37,39-40H2,1-2H3,(H,44,47)/b23-22-,38-36+. The van der Waals surface area contributed by atoms with E-state index in [9.17, 15) is 15.0 Å². The van der Waals surface area contributed by atoms with Crippen molar-refractivity contribution in [1.29, 1.82) is 0 Å². The molecule has 0 aromatic carbocycles. The van der Waals surface area contributed by atoms with Gasteiger partial charge in [-0.05, 0) is 44.9 Å². The first-order valence-corrected chi connectivity index (χ1v) is 21.1. The number of hydrogen-bond donors (Lipinski definition) is 3. The average Bonchev–Trinajstić information content (AvgIpc) is 3.07. The van der Waals surface area contributed by atoms with E-state index in [-0.39, 0.29) is 12.5 Å². The van der Waals surface area contributed by atoms with Gasteiger partial charge in [0.1, 0.15) is 0 Å². The summed E-state index contributed by atoms with van der Waals surface area (Å²) < 4.78 is 0. The van der Waals surface area contributed by atoms with Gasteiger partial charge in [0.2, 0.25) is 5.91 Å². The molecule has 2 atom stereocenters. The minimum Gasteiger partial charge on any atom is -0.394 e. The third-order valence-electron chi connectivity index (χ3n) is 9.68. The van der Waals surface area contributed by atoms with E-state index in [1.165, 1.54) is 180 Å². The Morgan fingerprint density at radius 1 is 0.489 bits per heavy atom. The summed E-state index contributed by atoms with van der Waals surface area (Å²) in [6.45, 7) is 4.31. The fraction of sp³-hybridized carbons (Fsp3) is 0.884. The van der Waals surface area contributed by atoms with Crippen LogP contribution in [0.5, 0.6) is 0 Å². The number of carbonyl (C=O) groups is 1. The summed E-state index contributed by atoms with van der Waals surface area (Å²) in [6.07, 6.45) is 49.9.